The molecule has 2 aliphatic rings. The Kier molecular flexibility index (Phi) is 6.90. The first-order chi connectivity index (χ1) is 11.5. The molecule has 1 aliphatic heterocycles. The molecule has 1 saturated carbocycles. The highest BCUT2D eigenvalue weighted by atomic mass is 16.5. The molecule has 0 aromatic carbocycles. The third kappa shape index (κ3) is 4.85. The second kappa shape index (κ2) is 8.70. The summed E-state index contributed by atoms with van der Waals surface area (Å²) in [6.45, 7) is 11.0. The van der Waals surface area contributed by atoms with Crippen LogP contribution in [0.3, 0.4) is 0 Å². The van der Waals surface area contributed by atoms with E-state index >= 15 is 0 Å². The van der Waals surface area contributed by atoms with E-state index in [1.54, 1.807) is 0 Å². The molecule has 2 unspecified atom stereocenters. The van der Waals surface area contributed by atoms with Gasteiger partial charge < -0.3 is 19.7 Å². The lowest BCUT2D eigenvalue weighted by Crippen LogP contribution is -2.41. The van der Waals surface area contributed by atoms with Crippen LogP contribution in [0.1, 0.15) is 40.0 Å². The van der Waals surface area contributed by atoms with Crippen molar-refractivity contribution in [3.05, 3.63) is 0 Å². The van der Waals surface area contributed by atoms with E-state index in [4.69, 9.17) is 14.5 Å². The molecule has 24 heavy (non-hydrogen) atoms. The average molecular weight is 339 g/mol. The van der Waals surface area contributed by atoms with Crippen molar-refractivity contribution in [2.24, 2.45) is 22.2 Å². The zero-order valence-electron chi connectivity index (χ0n) is 15.6. The number of methoxy groups -OCH3 is 1. The van der Waals surface area contributed by atoms with Gasteiger partial charge in [0.15, 0.2) is 5.96 Å². The minimum absolute atomic E-state index is 0.0632. The van der Waals surface area contributed by atoms with Gasteiger partial charge in [0.2, 0.25) is 0 Å². The van der Waals surface area contributed by atoms with E-state index in [1.807, 2.05) is 6.92 Å². The molecule has 2 fully saturated rings. The van der Waals surface area contributed by atoms with Gasteiger partial charge in [-0.05, 0) is 44.4 Å². The summed E-state index contributed by atoms with van der Waals surface area (Å²) >= 11 is 0. The number of nitrogens with one attached hydrogen (secondary N) is 1. The highest BCUT2D eigenvalue weighted by Crippen LogP contribution is 2.49. The average Bonchev–Trinajstić information content (AvgIpc) is 3.24. The number of rotatable bonds is 8. The number of guanidine groups is 1. The van der Waals surface area contributed by atoms with Crippen LogP contribution in [0.2, 0.25) is 0 Å². The summed E-state index contributed by atoms with van der Waals surface area (Å²) in [5.74, 6) is 1.04. The molecule has 1 aliphatic carbocycles. The van der Waals surface area contributed by atoms with Crippen molar-refractivity contribution in [1.29, 1.82) is 0 Å². The van der Waals surface area contributed by atoms with Gasteiger partial charge in [0, 0.05) is 39.4 Å². The Morgan fingerprint density at radius 2 is 2.08 bits per heavy atom. The fourth-order valence-corrected chi connectivity index (χ4v) is 3.36. The molecule has 1 N–H and O–H groups in total. The number of esters is 1. The number of hydrogen-bond donors (Lipinski definition) is 1. The van der Waals surface area contributed by atoms with Gasteiger partial charge in [-0.15, -0.1) is 0 Å². The van der Waals surface area contributed by atoms with Gasteiger partial charge >= 0.3 is 5.97 Å². The van der Waals surface area contributed by atoms with Crippen LogP contribution in [0.4, 0.5) is 0 Å². The van der Waals surface area contributed by atoms with Crippen LogP contribution in [0, 0.1) is 17.3 Å². The number of ether oxygens (including phenoxy) is 2. The zero-order chi connectivity index (χ0) is 17.6. The fraction of sp³-hybridized carbons (Fsp3) is 0.889. The van der Waals surface area contributed by atoms with Gasteiger partial charge in [-0.25, -0.2) is 0 Å². The number of carbonyl (C=O) groups is 1. The van der Waals surface area contributed by atoms with Crippen LogP contribution in [-0.2, 0) is 14.3 Å². The monoisotopic (exact) mass is 339 g/mol. The number of likely N-dealkylation sites (tertiary alicyclic amines) is 1. The van der Waals surface area contributed by atoms with E-state index in [1.165, 1.54) is 20.0 Å². The highest BCUT2D eigenvalue weighted by Gasteiger charge is 2.42. The maximum Gasteiger partial charge on any atom is 0.310 e. The number of carbonyl (C=O) groups excluding carboxylic acids is 1. The maximum atomic E-state index is 11.9. The Bertz CT molecular complexity index is 449. The normalized spacial score (nSPS) is 25.7. The molecule has 138 valence electrons. The van der Waals surface area contributed by atoms with Crippen LogP contribution >= 0.6 is 0 Å². The molecule has 0 amide bonds. The van der Waals surface area contributed by atoms with Crippen molar-refractivity contribution in [3.63, 3.8) is 0 Å². The van der Waals surface area contributed by atoms with Gasteiger partial charge in [0.25, 0.3) is 0 Å². The lowest BCUT2D eigenvalue weighted by molar-refractivity contribution is -0.145. The molecular formula is C18H33N3O3. The van der Waals surface area contributed by atoms with Crippen molar-refractivity contribution in [1.82, 2.24) is 10.2 Å². The largest absolute Gasteiger partial charge is 0.469 e. The van der Waals surface area contributed by atoms with Crippen LogP contribution in [0.5, 0.6) is 0 Å². The van der Waals surface area contributed by atoms with Crippen molar-refractivity contribution in [3.8, 4) is 0 Å². The summed E-state index contributed by atoms with van der Waals surface area (Å²) in [7, 11) is 1.46. The van der Waals surface area contributed by atoms with Crippen molar-refractivity contribution in [2.45, 2.75) is 40.0 Å². The third-order valence-electron chi connectivity index (χ3n) is 5.25. The summed E-state index contributed by atoms with van der Waals surface area (Å²) in [6, 6.07) is 0. The quantitative estimate of drug-likeness (QED) is 0.317. The Balaban J connectivity index is 1.95. The number of nitrogens with zero attached hydrogens (tertiary/aromatic N) is 2. The second-order valence-corrected chi connectivity index (χ2v) is 7.13. The van der Waals surface area contributed by atoms with Crippen molar-refractivity contribution < 1.29 is 14.3 Å². The first-order valence-electron chi connectivity index (χ1n) is 9.24. The molecule has 6 nitrogen and oxygen atoms in total. The van der Waals surface area contributed by atoms with Gasteiger partial charge in [0.05, 0.1) is 13.0 Å². The molecule has 0 aromatic rings. The minimum atomic E-state index is -0.115. The number of aliphatic imine (C=N–C) groups is 1. The second-order valence-electron chi connectivity index (χ2n) is 7.13. The van der Waals surface area contributed by atoms with Crippen molar-refractivity contribution >= 4 is 11.9 Å². The molecule has 2 rings (SSSR count). The Morgan fingerprint density at radius 3 is 2.67 bits per heavy atom. The van der Waals surface area contributed by atoms with E-state index < -0.39 is 0 Å². The smallest absolute Gasteiger partial charge is 0.310 e. The standard InChI is InChI=1S/C18H33N3O3/c1-5-19-17(20-13-18(7-8-18)9-10-24-6-2)21-11-14(3)15(12-21)16(22)23-4/h14-15H,5-13H2,1-4H3,(H,19,20). The van der Waals surface area contributed by atoms with Gasteiger partial charge in [-0.1, -0.05) is 6.92 Å². The van der Waals surface area contributed by atoms with E-state index in [-0.39, 0.29) is 17.8 Å². The first-order valence-corrected chi connectivity index (χ1v) is 9.24. The summed E-state index contributed by atoms with van der Waals surface area (Å²) in [5.41, 5.74) is 0.336. The molecule has 1 saturated heterocycles. The topological polar surface area (TPSA) is 63.2 Å². The molecule has 0 radical (unpaired) electrons. The molecule has 0 bridgehead atoms. The van der Waals surface area contributed by atoms with E-state index in [9.17, 15) is 4.79 Å². The van der Waals surface area contributed by atoms with Gasteiger partial charge in [0.1, 0.15) is 0 Å². The van der Waals surface area contributed by atoms with E-state index in [2.05, 4.69) is 24.1 Å². The molecule has 1 heterocycles. The van der Waals surface area contributed by atoms with Crippen LogP contribution in [0.25, 0.3) is 0 Å². The van der Waals surface area contributed by atoms with Crippen LogP contribution < -0.4 is 5.32 Å². The Labute approximate surface area is 146 Å². The van der Waals surface area contributed by atoms with Gasteiger partial charge in [-0.3, -0.25) is 9.79 Å². The van der Waals surface area contributed by atoms with Crippen molar-refractivity contribution in [2.75, 3.05) is 46.5 Å². The molecule has 0 spiro atoms. The predicted octanol–water partition coefficient (Wildman–Crippen LogP) is 1.90. The lowest BCUT2D eigenvalue weighted by atomic mass is 9.99. The Morgan fingerprint density at radius 1 is 1.33 bits per heavy atom. The minimum Gasteiger partial charge on any atom is -0.469 e. The molecule has 2 atom stereocenters. The highest BCUT2D eigenvalue weighted by molar-refractivity contribution is 5.82. The van der Waals surface area contributed by atoms with E-state index in [0.717, 1.165) is 45.2 Å². The third-order valence-corrected chi connectivity index (χ3v) is 5.25. The van der Waals surface area contributed by atoms with Gasteiger partial charge in [-0.2, -0.15) is 0 Å². The predicted molar refractivity (Wildman–Crippen MR) is 95.0 cm³/mol. The summed E-state index contributed by atoms with van der Waals surface area (Å²) in [6.07, 6.45) is 3.57. The lowest BCUT2D eigenvalue weighted by Gasteiger charge is -2.22. The fourth-order valence-electron chi connectivity index (χ4n) is 3.36. The maximum absolute atomic E-state index is 11.9. The molecule has 6 heteroatoms. The van der Waals surface area contributed by atoms with Crippen LogP contribution in [0.15, 0.2) is 4.99 Å². The molecular weight excluding hydrogens is 306 g/mol. The van der Waals surface area contributed by atoms with Crippen LogP contribution in [-0.4, -0.2) is 63.3 Å². The molecule has 0 aromatic heterocycles. The summed E-state index contributed by atoms with van der Waals surface area (Å²) in [4.78, 5) is 19.0. The van der Waals surface area contributed by atoms with E-state index in [0.29, 0.717) is 12.0 Å². The summed E-state index contributed by atoms with van der Waals surface area (Å²) < 4.78 is 10.4. The zero-order valence-corrected chi connectivity index (χ0v) is 15.6. The summed E-state index contributed by atoms with van der Waals surface area (Å²) in [5, 5.41) is 3.38. The number of hydrogen-bond acceptors (Lipinski definition) is 4. The Hall–Kier alpha value is -1.30. The first kappa shape index (κ1) is 19.0. The SMILES string of the molecule is CCNC(=NCC1(CCOCC)CC1)N1CC(C)C(C(=O)OC)C1.